The Kier molecular flexibility index (Phi) is 9.32. The fourth-order valence-electron chi connectivity index (χ4n) is 5.21. The van der Waals surface area contributed by atoms with Gasteiger partial charge in [-0.2, -0.15) is 0 Å². The van der Waals surface area contributed by atoms with E-state index in [4.69, 9.17) is 4.43 Å². The molecule has 1 nitrogen and oxygen atoms in total. The molecule has 190 valence electrons. The quantitative estimate of drug-likeness (QED) is 0.150. The molecule has 0 aliphatic heterocycles. The first kappa shape index (κ1) is 26.8. The van der Waals surface area contributed by atoms with Crippen molar-refractivity contribution in [2.45, 2.75) is 57.6 Å². The van der Waals surface area contributed by atoms with E-state index in [1.54, 1.807) is 0 Å². The Morgan fingerprint density at radius 3 is 1.51 bits per heavy atom. The Morgan fingerprint density at radius 2 is 1.05 bits per heavy atom. The number of allylic oxidation sites excluding steroid dienone is 1. The molecule has 0 N–H and O–H groups in total. The largest absolute Gasteiger partial charge is 0.401 e. The highest BCUT2D eigenvalue weighted by molar-refractivity contribution is 6.99. The number of rotatable bonds is 11. The minimum atomic E-state index is -2.63. The summed E-state index contributed by atoms with van der Waals surface area (Å²) in [6.45, 7) is 7.06. The van der Waals surface area contributed by atoms with E-state index in [0.29, 0.717) is 0 Å². The number of benzene rings is 4. The summed E-state index contributed by atoms with van der Waals surface area (Å²) in [5, 5.41) is 2.62. The van der Waals surface area contributed by atoms with E-state index in [1.807, 2.05) is 0 Å². The molecule has 0 saturated heterocycles. The third-order valence-electron chi connectivity index (χ3n) is 7.10. The second-order valence-corrected chi connectivity index (χ2v) is 15.0. The van der Waals surface area contributed by atoms with Crippen molar-refractivity contribution in [2.75, 3.05) is 0 Å². The van der Waals surface area contributed by atoms with Gasteiger partial charge in [0.15, 0.2) is 0 Å². The predicted octanol–water partition coefficient (Wildman–Crippen LogP) is 7.75. The van der Waals surface area contributed by atoms with Gasteiger partial charge in [-0.25, -0.2) is 0 Å². The van der Waals surface area contributed by atoms with Crippen LogP contribution in [0.4, 0.5) is 0 Å². The number of hydrogen-bond acceptors (Lipinski definition) is 1. The summed E-state index contributed by atoms with van der Waals surface area (Å²) in [7, 11) is -2.63. The standard InChI is InChI=1S/C35H40OSi/c1-35(2,3)37(33-24-12-6-13-25-33,34-26-14-7-15-27-34)36-32(29-28-31-20-10-5-11-21-31)23-17-16-22-30-18-8-4-9-19-30/h4-15,17-21,23-27,32H,16,22,28-29H2,1-3H3/b23-17+. The Morgan fingerprint density at radius 1 is 0.622 bits per heavy atom. The van der Waals surface area contributed by atoms with E-state index < -0.39 is 8.32 Å². The lowest BCUT2D eigenvalue weighted by Crippen LogP contribution is -2.67. The normalized spacial score (nSPS) is 13.1. The first-order valence-electron chi connectivity index (χ1n) is 13.5. The van der Waals surface area contributed by atoms with Gasteiger partial charge < -0.3 is 4.43 Å². The smallest absolute Gasteiger partial charge is 0.261 e. The average molecular weight is 505 g/mol. The van der Waals surface area contributed by atoms with Gasteiger partial charge in [-0.15, -0.1) is 0 Å². The molecule has 0 saturated carbocycles. The lowest BCUT2D eigenvalue weighted by molar-refractivity contribution is 0.223. The molecule has 0 bridgehead atoms. The maximum absolute atomic E-state index is 7.50. The highest BCUT2D eigenvalue weighted by atomic mass is 28.4. The fraction of sp³-hybridized carbons (Fsp3) is 0.257. The van der Waals surface area contributed by atoms with Crippen molar-refractivity contribution in [1.29, 1.82) is 0 Å². The van der Waals surface area contributed by atoms with Crippen LogP contribution in [-0.2, 0) is 17.3 Å². The Labute approximate surface area is 225 Å². The number of hydrogen-bond donors (Lipinski definition) is 0. The molecular formula is C35H40OSi. The number of aryl methyl sites for hydroxylation is 2. The average Bonchev–Trinajstić information content (AvgIpc) is 2.93. The minimum absolute atomic E-state index is 0.0299. The first-order chi connectivity index (χ1) is 18.0. The zero-order chi connectivity index (χ0) is 26.0. The fourth-order valence-corrected chi connectivity index (χ4v) is 9.87. The van der Waals surface area contributed by atoms with Gasteiger partial charge in [-0.1, -0.05) is 154 Å². The topological polar surface area (TPSA) is 9.23 Å². The van der Waals surface area contributed by atoms with E-state index >= 15 is 0 Å². The van der Waals surface area contributed by atoms with Crippen LogP contribution in [0.25, 0.3) is 0 Å². The summed E-state index contributed by atoms with van der Waals surface area (Å²) >= 11 is 0. The maximum Gasteiger partial charge on any atom is 0.261 e. The van der Waals surface area contributed by atoms with E-state index in [9.17, 15) is 0 Å². The van der Waals surface area contributed by atoms with Gasteiger partial charge in [-0.3, -0.25) is 0 Å². The lowest BCUT2D eigenvalue weighted by atomic mass is 10.1. The van der Waals surface area contributed by atoms with Crippen LogP contribution in [0.3, 0.4) is 0 Å². The van der Waals surface area contributed by atoms with Crippen LogP contribution >= 0.6 is 0 Å². The van der Waals surface area contributed by atoms with Crippen LogP contribution < -0.4 is 10.4 Å². The zero-order valence-corrected chi connectivity index (χ0v) is 23.5. The zero-order valence-electron chi connectivity index (χ0n) is 22.5. The van der Waals surface area contributed by atoms with Crippen LogP contribution in [0, 0.1) is 0 Å². The third-order valence-corrected chi connectivity index (χ3v) is 12.2. The molecule has 0 amide bonds. The Hall–Kier alpha value is -3.20. The van der Waals surface area contributed by atoms with Crippen molar-refractivity contribution in [3.8, 4) is 0 Å². The first-order valence-corrected chi connectivity index (χ1v) is 15.4. The molecule has 0 aliphatic rings. The van der Waals surface area contributed by atoms with Crippen LogP contribution in [0.15, 0.2) is 133 Å². The molecule has 4 aromatic carbocycles. The van der Waals surface area contributed by atoms with Crippen molar-refractivity contribution in [3.63, 3.8) is 0 Å². The molecule has 0 aliphatic carbocycles. The second kappa shape index (κ2) is 12.9. The minimum Gasteiger partial charge on any atom is -0.401 e. The van der Waals surface area contributed by atoms with E-state index in [2.05, 4.69) is 154 Å². The third kappa shape index (κ3) is 6.97. The van der Waals surface area contributed by atoms with Crippen LogP contribution in [0.2, 0.25) is 5.04 Å². The molecule has 4 rings (SSSR count). The summed E-state index contributed by atoms with van der Waals surface area (Å²) < 4.78 is 7.50. The summed E-state index contributed by atoms with van der Waals surface area (Å²) in [4.78, 5) is 0. The van der Waals surface area contributed by atoms with Crippen LogP contribution in [0.1, 0.15) is 44.7 Å². The van der Waals surface area contributed by atoms with E-state index in [1.165, 1.54) is 21.5 Å². The molecular weight excluding hydrogens is 464 g/mol. The van der Waals surface area contributed by atoms with Crippen molar-refractivity contribution in [1.82, 2.24) is 0 Å². The van der Waals surface area contributed by atoms with Crippen molar-refractivity contribution >= 4 is 18.7 Å². The highest BCUT2D eigenvalue weighted by Crippen LogP contribution is 2.38. The van der Waals surface area contributed by atoms with Gasteiger partial charge in [0, 0.05) is 0 Å². The van der Waals surface area contributed by atoms with Gasteiger partial charge in [0.25, 0.3) is 8.32 Å². The summed E-state index contributed by atoms with van der Waals surface area (Å²) in [5.41, 5.74) is 2.73. The molecule has 37 heavy (non-hydrogen) atoms. The maximum atomic E-state index is 7.50. The Bertz CT molecular complexity index is 1170. The van der Waals surface area contributed by atoms with Crippen LogP contribution in [0.5, 0.6) is 0 Å². The summed E-state index contributed by atoms with van der Waals surface area (Å²) in [5.74, 6) is 0. The van der Waals surface area contributed by atoms with Crippen molar-refractivity contribution in [3.05, 3.63) is 145 Å². The van der Waals surface area contributed by atoms with Crippen LogP contribution in [-0.4, -0.2) is 14.4 Å². The summed E-state index contributed by atoms with van der Waals surface area (Å²) in [6, 6.07) is 43.5. The SMILES string of the molecule is CC(C)(C)[Si](OC(/C=C/CCc1ccccc1)CCc1ccccc1)(c1ccccc1)c1ccccc1. The summed E-state index contributed by atoms with van der Waals surface area (Å²) in [6.07, 6.45) is 8.70. The van der Waals surface area contributed by atoms with E-state index in [0.717, 1.165) is 25.7 Å². The molecule has 0 radical (unpaired) electrons. The lowest BCUT2D eigenvalue weighted by Gasteiger charge is -2.45. The Balaban J connectivity index is 1.67. The molecule has 1 unspecified atom stereocenters. The molecule has 0 heterocycles. The van der Waals surface area contributed by atoms with Gasteiger partial charge in [0.1, 0.15) is 0 Å². The van der Waals surface area contributed by atoms with Crippen molar-refractivity contribution < 1.29 is 4.43 Å². The highest BCUT2D eigenvalue weighted by Gasteiger charge is 2.51. The van der Waals surface area contributed by atoms with Gasteiger partial charge in [-0.05, 0) is 52.2 Å². The predicted molar refractivity (Wildman–Crippen MR) is 161 cm³/mol. The molecule has 2 heteroatoms. The molecule has 0 spiro atoms. The molecule has 1 atom stereocenters. The second-order valence-electron chi connectivity index (χ2n) is 10.8. The van der Waals surface area contributed by atoms with E-state index in [-0.39, 0.29) is 11.1 Å². The molecule has 0 aromatic heterocycles. The molecule has 0 fully saturated rings. The molecule has 4 aromatic rings. The van der Waals surface area contributed by atoms with Gasteiger partial charge in [0.2, 0.25) is 0 Å². The monoisotopic (exact) mass is 504 g/mol. The van der Waals surface area contributed by atoms with Gasteiger partial charge >= 0.3 is 0 Å². The van der Waals surface area contributed by atoms with Gasteiger partial charge in [0.05, 0.1) is 6.10 Å². The van der Waals surface area contributed by atoms with Crippen molar-refractivity contribution in [2.24, 2.45) is 0 Å².